The van der Waals surface area contributed by atoms with Gasteiger partial charge in [0.25, 0.3) is 0 Å². The van der Waals surface area contributed by atoms with Gasteiger partial charge in [0.2, 0.25) is 10.0 Å². The fourth-order valence-electron chi connectivity index (χ4n) is 3.32. The van der Waals surface area contributed by atoms with E-state index in [1.807, 2.05) is 32.3 Å². The zero-order valence-electron chi connectivity index (χ0n) is 15.9. The van der Waals surface area contributed by atoms with Crippen molar-refractivity contribution in [3.8, 4) is 0 Å². The molecule has 0 aliphatic carbocycles. The number of nitrogens with zero attached hydrogens (tertiary/aromatic N) is 4. The van der Waals surface area contributed by atoms with Gasteiger partial charge < -0.3 is 4.57 Å². The van der Waals surface area contributed by atoms with Crippen LogP contribution >= 0.6 is 0 Å². The zero-order valence-corrected chi connectivity index (χ0v) is 16.7. The van der Waals surface area contributed by atoms with Crippen molar-refractivity contribution >= 4 is 10.0 Å². The first-order chi connectivity index (χ1) is 12.4. The van der Waals surface area contributed by atoms with Crippen LogP contribution in [0.5, 0.6) is 0 Å². The van der Waals surface area contributed by atoms with Crippen molar-refractivity contribution in [1.29, 1.82) is 0 Å². The summed E-state index contributed by atoms with van der Waals surface area (Å²) in [6, 6.07) is 5.38. The highest BCUT2D eigenvalue weighted by Crippen LogP contribution is 2.20. The summed E-state index contributed by atoms with van der Waals surface area (Å²) < 4.78 is 29.6. The molecule has 0 unspecified atom stereocenters. The second kappa shape index (κ2) is 7.90. The van der Waals surface area contributed by atoms with Gasteiger partial charge in [-0.15, -0.1) is 0 Å². The maximum atomic E-state index is 12.9. The van der Waals surface area contributed by atoms with Crippen molar-refractivity contribution in [1.82, 2.24) is 18.8 Å². The molecule has 26 heavy (non-hydrogen) atoms. The Morgan fingerprint density at radius 1 is 1.04 bits per heavy atom. The van der Waals surface area contributed by atoms with Crippen molar-refractivity contribution in [2.45, 2.75) is 38.6 Å². The minimum absolute atomic E-state index is 0.403. The fourth-order valence-corrected chi connectivity index (χ4v) is 4.83. The van der Waals surface area contributed by atoms with Gasteiger partial charge in [0.05, 0.1) is 4.90 Å². The summed E-state index contributed by atoms with van der Waals surface area (Å²) >= 11 is 0. The SMILES string of the molecule is CCc1nccn1CCN1CCN(S(=O)(=O)c2ccc(C)c(C)c2)CC1. The van der Waals surface area contributed by atoms with E-state index in [0.29, 0.717) is 18.0 Å². The number of benzene rings is 1. The Labute approximate surface area is 156 Å². The van der Waals surface area contributed by atoms with E-state index in [9.17, 15) is 8.42 Å². The zero-order chi connectivity index (χ0) is 18.7. The van der Waals surface area contributed by atoms with Crippen LogP contribution in [0.15, 0.2) is 35.5 Å². The van der Waals surface area contributed by atoms with E-state index in [2.05, 4.69) is 21.4 Å². The molecule has 1 aromatic heterocycles. The van der Waals surface area contributed by atoms with Crippen LogP contribution in [0, 0.1) is 13.8 Å². The number of sulfonamides is 1. The summed E-state index contributed by atoms with van der Waals surface area (Å²) in [7, 11) is -3.40. The van der Waals surface area contributed by atoms with Gasteiger partial charge in [0.15, 0.2) is 0 Å². The largest absolute Gasteiger partial charge is 0.334 e. The van der Waals surface area contributed by atoms with E-state index in [-0.39, 0.29) is 0 Å². The summed E-state index contributed by atoms with van der Waals surface area (Å²) in [4.78, 5) is 7.07. The molecule has 0 spiro atoms. The molecule has 0 atom stereocenters. The van der Waals surface area contributed by atoms with Crippen molar-refractivity contribution in [2.75, 3.05) is 32.7 Å². The minimum atomic E-state index is -3.40. The fraction of sp³-hybridized carbons (Fsp3) is 0.526. The lowest BCUT2D eigenvalue weighted by Crippen LogP contribution is -2.49. The summed E-state index contributed by atoms with van der Waals surface area (Å²) in [5, 5.41) is 0. The highest BCUT2D eigenvalue weighted by atomic mass is 32.2. The molecule has 1 saturated heterocycles. The number of hydrogen-bond acceptors (Lipinski definition) is 4. The molecule has 0 saturated carbocycles. The highest BCUT2D eigenvalue weighted by molar-refractivity contribution is 7.89. The van der Waals surface area contributed by atoms with Gasteiger partial charge >= 0.3 is 0 Å². The summed E-state index contributed by atoms with van der Waals surface area (Å²) in [5.41, 5.74) is 2.12. The Morgan fingerprint density at radius 3 is 2.42 bits per heavy atom. The lowest BCUT2D eigenvalue weighted by molar-refractivity contribution is 0.182. The number of rotatable bonds is 6. The van der Waals surface area contributed by atoms with Crippen LogP contribution in [0.1, 0.15) is 23.9 Å². The number of piperazine rings is 1. The van der Waals surface area contributed by atoms with E-state index in [0.717, 1.165) is 49.6 Å². The van der Waals surface area contributed by atoms with Crippen molar-refractivity contribution in [2.24, 2.45) is 0 Å². The summed E-state index contributed by atoms with van der Waals surface area (Å²) in [6.07, 6.45) is 4.78. The third-order valence-corrected chi connectivity index (χ3v) is 7.12. The molecule has 3 rings (SSSR count). The van der Waals surface area contributed by atoms with Crippen molar-refractivity contribution in [3.05, 3.63) is 47.5 Å². The molecule has 142 valence electrons. The van der Waals surface area contributed by atoms with Crippen LogP contribution in [-0.4, -0.2) is 59.9 Å². The first-order valence-corrected chi connectivity index (χ1v) is 10.7. The molecule has 1 aromatic carbocycles. The van der Waals surface area contributed by atoms with E-state index in [4.69, 9.17) is 0 Å². The van der Waals surface area contributed by atoms with Crippen molar-refractivity contribution in [3.63, 3.8) is 0 Å². The summed E-state index contributed by atoms with van der Waals surface area (Å²) in [6.45, 7) is 10.5. The first-order valence-electron chi connectivity index (χ1n) is 9.21. The van der Waals surface area contributed by atoms with E-state index < -0.39 is 10.0 Å². The van der Waals surface area contributed by atoms with E-state index in [1.165, 1.54) is 0 Å². The molecule has 0 amide bonds. The van der Waals surface area contributed by atoms with Gasteiger partial charge in [0.1, 0.15) is 5.82 Å². The topological polar surface area (TPSA) is 58.4 Å². The van der Waals surface area contributed by atoms with Crippen LogP contribution < -0.4 is 0 Å². The molecule has 0 N–H and O–H groups in total. The maximum absolute atomic E-state index is 12.9. The second-order valence-corrected chi connectivity index (χ2v) is 8.82. The third kappa shape index (κ3) is 4.00. The molecule has 0 radical (unpaired) electrons. The predicted molar refractivity (Wildman–Crippen MR) is 103 cm³/mol. The Balaban J connectivity index is 1.58. The maximum Gasteiger partial charge on any atom is 0.243 e. The molecule has 2 aromatic rings. The Bertz CT molecular complexity index is 852. The van der Waals surface area contributed by atoms with Crippen LogP contribution in [0.3, 0.4) is 0 Å². The lowest BCUT2D eigenvalue weighted by atomic mass is 10.1. The Morgan fingerprint density at radius 2 is 1.77 bits per heavy atom. The average Bonchev–Trinajstić information content (AvgIpc) is 3.10. The summed E-state index contributed by atoms with van der Waals surface area (Å²) in [5.74, 6) is 1.10. The molecular weight excluding hydrogens is 348 g/mol. The van der Waals surface area contributed by atoms with Gasteiger partial charge in [-0.05, 0) is 37.1 Å². The number of aromatic nitrogens is 2. The van der Waals surface area contributed by atoms with Crippen LogP contribution in [0.4, 0.5) is 0 Å². The Kier molecular flexibility index (Phi) is 5.79. The second-order valence-electron chi connectivity index (χ2n) is 6.88. The van der Waals surface area contributed by atoms with E-state index in [1.54, 1.807) is 16.4 Å². The standard InChI is InChI=1S/C19H28N4O2S/c1-4-19-20-7-8-22(19)12-9-21-10-13-23(14-11-21)26(24,25)18-6-5-16(2)17(3)15-18/h5-8,15H,4,9-14H2,1-3H3. The predicted octanol–water partition coefficient (Wildman–Crippen LogP) is 2.07. The average molecular weight is 377 g/mol. The molecule has 7 heteroatoms. The Hall–Kier alpha value is -1.70. The quantitative estimate of drug-likeness (QED) is 0.774. The number of hydrogen-bond donors (Lipinski definition) is 0. The van der Waals surface area contributed by atoms with Gasteiger partial charge in [-0.3, -0.25) is 4.90 Å². The highest BCUT2D eigenvalue weighted by Gasteiger charge is 2.28. The monoisotopic (exact) mass is 376 g/mol. The third-order valence-electron chi connectivity index (χ3n) is 5.22. The molecular formula is C19H28N4O2S. The molecule has 0 bridgehead atoms. The molecule has 1 aliphatic rings. The molecule has 6 nitrogen and oxygen atoms in total. The van der Waals surface area contributed by atoms with Gasteiger partial charge in [-0.25, -0.2) is 13.4 Å². The molecule has 2 heterocycles. The van der Waals surface area contributed by atoms with Crippen LogP contribution in [-0.2, 0) is 23.0 Å². The van der Waals surface area contributed by atoms with Gasteiger partial charge in [-0.1, -0.05) is 13.0 Å². The minimum Gasteiger partial charge on any atom is -0.334 e. The van der Waals surface area contributed by atoms with Gasteiger partial charge in [0, 0.05) is 58.1 Å². The van der Waals surface area contributed by atoms with E-state index >= 15 is 0 Å². The molecule has 1 fully saturated rings. The normalized spacial score (nSPS) is 16.9. The molecule has 1 aliphatic heterocycles. The van der Waals surface area contributed by atoms with Crippen LogP contribution in [0.25, 0.3) is 0 Å². The smallest absolute Gasteiger partial charge is 0.243 e. The van der Waals surface area contributed by atoms with Gasteiger partial charge in [-0.2, -0.15) is 4.31 Å². The van der Waals surface area contributed by atoms with Crippen LogP contribution in [0.2, 0.25) is 0 Å². The number of aryl methyl sites for hydroxylation is 3. The lowest BCUT2D eigenvalue weighted by Gasteiger charge is -2.34. The first kappa shape index (κ1) is 19.1. The number of imidazole rings is 1. The van der Waals surface area contributed by atoms with Crippen molar-refractivity contribution < 1.29 is 8.42 Å².